The number of rotatable bonds is 7. The van der Waals surface area contributed by atoms with Crippen molar-refractivity contribution >= 4 is 6.20 Å². The first-order valence-corrected chi connectivity index (χ1v) is 6.00. The lowest BCUT2D eigenvalue weighted by atomic mass is 10.0. The van der Waals surface area contributed by atoms with Crippen LogP contribution in [0, 0.1) is 5.92 Å². The second-order valence-electron chi connectivity index (χ2n) is 4.76. The molecule has 90 valence electrons. The van der Waals surface area contributed by atoms with Crippen LogP contribution in [0.4, 0.5) is 0 Å². The smallest absolute Gasteiger partial charge is 0.0538 e. The van der Waals surface area contributed by atoms with Gasteiger partial charge in [0.1, 0.15) is 0 Å². The summed E-state index contributed by atoms with van der Waals surface area (Å²) in [5, 5.41) is 7.65. The van der Waals surface area contributed by atoms with E-state index in [-0.39, 0.29) is 0 Å². The van der Waals surface area contributed by atoms with E-state index in [0.29, 0.717) is 6.04 Å². The Morgan fingerprint density at radius 3 is 2.75 bits per heavy atom. The number of hydrogen-bond donors (Lipinski definition) is 1. The quantitative estimate of drug-likeness (QED) is 0.767. The van der Waals surface area contributed by atoms with Crippen LogP contribution in [0.3, 0.4) is 0 Å². The summed E-state index contributed by atoms with van der Waals surface area (Å²) in [6.07, 6.45) is 8.08. The molecule has 0 fully saturated rings. The van der Waals surface area contributed by atoms with Gasteiger partial charge >= 0.3 is 0 Å². The molecule has 16 heavy (non-hydrogen) atoms. The molecular weight excluding hydrogens is 198 g/mol. The van der Waals surface area contributed by atoms with Crippen molar-refractivity contribution in [2.24, 2.45) is 5.92 Å². The summed E-state index contributed by atoms with van der Waals surface area (Å²) in [5.41, 5.74) is 1.20. The van der Waals surface area contributed by atoms with E-state index in [4.69, 9.17) is 0 Å². The fraction of sp³-hybridized carbons (Fsp3) is 0.615. The molecule has 0 saturated carbocycles. The fourth-order valence-corrected chi connectivity index (χ4v) is 1.55. The summed E-state index contributed by atoms with van der Waals surface area (Å²) in [7, 11) is 0. The maximum Gasteiger partial charge on any atom is 0.0538 e. The zero-order valence-electron chi connectivity index (χ0n) is 10.6. The van der Waals surface area contributed by atoms with Crippen LogP contribution in [0.25, 0.3) is 6.20 Å². The van der Waals surface area contributed by atoms with Crippen LogP contribution in [0.1, 0.15) is 39.2 Å². The highest BCUT2D eigenvalue weighted by atomic mass is 15.2. The van der Waals surface area contributed by atoms with Crippen LogP contribution < -0.4 is 5.32 Å². The molecule has 0 saturated heterocycles. The Morgan fingerprint density at radius 1 is 1.44 bits per heavy atom. The molecular formula is C13H23N3. The summed E-state index contributed by atoms with van der Waals surface area (Å²) < 4.78 is 1.73. The third-order valence-corrected chi connectivity index (χ3v) is 2.67. The summed E-state index contributed by atoms with van der Waals surface area (Å²) >= 11 is 0. The van der Waals surface area contributed by atoms with Crippen molar-refractivity contribution in [3.8, 4) is 0 Å². The molecule has 0 spiro atoms. The van der Waals surface area contributed by atoms with Crippen LogP contribution in [0.5, 0.6) is 0 Å². The van der Waals surface area contributed by atoms with Gasteiger partial charge in [-0.3, -0.25) is 0 Å². The van der Waals surface area contributed by atoms with Crippen LogP contribution in [0.2, 0.25) is 0 Å². The van der Waals surface area contributed by atoms with E-state index in [1.165, 1.54) is 18.4 Å². The summed E-state index contributed by atoms with van der Waals surface area (Å²) in [4.78, 5) is 0. The second kappa shape index (κ2) is 6.48. The molecule has 1 rings (SSSR count). The molecule has 1 aromatic heterocycles. The van der Waals surface area contributed by atoms with Gasteiger partial charge in [-0.05, 0) is 25.7 Å². The Labute approximate surface area is 98.5 Å². The van der Waals surface area contributed by atoms with E-state index in [2.05, 4.69) is 37.8 Å². The van der Waals surface area contributed by atoms with Crippen molar-refractivity contribution in [3.05, 3.63) is 24.5 Å². The maximum absolute atomic E-state index is 4.15. The fourth-order valence-electron chi connectivity index (χ4n) is 1.55. The van der Waals surface area contributed by atoms with Gasteiger partial charge in [0.05, 0.1) is 6.20 Å². The molecule has 1 heterocycles. The van der Waals surface area contributed by atoms with E-state index in [1.54, 1.807) is 10.9 Å². The van der Waals surface area contributed by atoms with Crippen LogP contribution in [-0.4, -0.2) is 15.8 Å². The van der Waals surface area contributed by atoms with E-state index >= 15 is 0 Å². The molecule has 0 aliphatic rings. The van der Waals surface area contributed by atoms with Gasteiger partial charge in [0.15, 0.2) is 0 Å². The van der Waals surface area contributed by atoms with Gasteiger partial charge in [0, 0.05) is 30.5 Å². The van der Waals surface area contributed by atoms with E-state index in [1.807, 2.05) is 12.4 Å². The highest BCUT2D eigenvalue weighted by Gasteiger charge is 2.04. The average Bonchev–Trinajstić information content (AvgIpc) is 2.71. The minimum atomic E-state index is 0.564. The highest BCUT2D eigenvalue weighted by Crippen LogP contribution is 2.07. The molecule has 1 aromatic rings. The van der Waals surface area contributed by atoms with Crippen molar-refractivity contribution in [1.29, 1.82) is 0 Å². The number of hydrogen-bond acceptors (Lipinski definition) is 2. The van der Waals surface area contributed by atoms with Crippen molar-refractivity contribution in [2.75, 3.05) is 0 Å². The maximum atomic E-state index is 4.15. The van der Waals surface area contributed by atoms with Crippen LogP contribution in [-0.2, 0) is 6.54 Å². The molecule has 0 radical (unpaired) electrons. The van der Waals surface area contributed by atoms with E-state index < -0.39 is 0 Å². The first-order valence-electron chi connectivity index (χ1n) is 6.00. The van der Waals surface area contributed by atoms with Gasteiger partial charge in [-0.15, -0.1) is 0 Å². The standard InChI is InChI=1S/C13H23N3/c1-5-16-10-13(9-15-16)8-14-12(4)7-6-11(2)3/h5,9-12,14H,1,6-8H2,2-4H3. The Kier molecular flexibility index (Phi) is 5.26. The molecule has 0 bridgehead atoms. The van der Waals surface area contributed by atoms with Gasteiger partial charge in [-0.25, -0.2) is 4.68 Å². The predicted molar refractivity (Wildman–Crippen MR) is 69.0 cm³/mol. The number of nitrogens with zero attached hydrogens (tertiary/aromatic N) is 2. The summed E-state index contributed by atoms with van der Waals surface area (Å²) in [6.45, 7) is 11.3. The molecule has 1 atom stereocenters. The lowest BCUT2D eigenvalue weighted by Crippen LogP contribution is -2.25. The molecule has 1 N–H and O–H groups in total. The van der Waals surface area contributed by atoms with Crippen molar-refractivity contribution < 1.29 is 0 Å². The van der Waals surface area contributed by atoms with E-state index in [9.17, 15) is 0 Å². The summed E-state index contributed by atoms with van der Waals surface area (Å²) in [5.74, 6) is 0.785. The lowest BCUT2D eigenvalue weighted by Gasteiger charge is -2.14. The first-order chi connectivity index (χ1) is 7.61. The minimum Gasteiger partial charge on any atom is -0.310 e. The van der Waals surface area contributed by atoms with Crippen molar-refractivity contribution in [2.45, 2.75) is 46.2 Å². The average molecular weight is 221 g/mol. The Morgan fingerprint density at radius 2 is 2.19 bits per heavy atom. The van der Waals surface area contributed by atoms with Gasteiger partial charge < -0.3 is 5.32 Å². The van der Waals surface area contributed by atoms with Crippen LogP contribution in [0.15, 0.2) is 19.0 Å². The molecule has 0 aliphatic carbocycles. The predicted octanol–water partition coefficient (Wildman–Crippen LogP) is 2.90. The zero-order chi connectivity index (χ0) is 12.0. The van der Waals surface area contributed by atoms with Crippen molar-refractivity contribution in [1.82, 2.24) is 15.1 Å². The van der Waals surface area contributed by atoms with Gasteiger partial charge in [0.25, 0.3) is 0 Å². The minimum absolute atomic E-state index is 0.564. The molecule has 3 heteroatoms. The lowest BCUT2D eigenvalue weighted by molar-refractivity contribution is 0.451. The van der Waals surface area contributed by atoms with Gasteiger partial charge in [-0.2, -0.15) is 5.10 Å². The highest BCUT2D eigenvalue weighted by molar-refractivity contribution is 5.17. The number of aromatic nitrogens is 2. The third-order valence-electron chi connectivity index (χ3n) is 2.67. The SMILES string of the molecule is C=Cn1cc(CNC(C)CCC(C)C)cn1. The van der Waals surface area contributed by atoms with Crippen molar-refractivity contribution in [3.63, 3.8) is 0 Å². The molecule has 1 unspecified atom stereocenters. The monoisotopic (exact) mass is 221 g/mol. The Balaban J connectivity index is 2.25. The van der Waals surface area contributed by atoms with Gasteiger partial charge in [-0.1, -0.05) is 20.4 Å². The topological polar surface area (TPSA) is 29.9 Å². The van der Waals surface area contributed by atoms with Crippen LogP contribution >= 0.6 is 0 Å². The largest absolute Gasteiger partial charge is 0.310 e. The Hall–Kier alpha value is -1.09. The Bertz CT molecular complexity index is 315. The molecule has 0 aliphatic heterocycles. The van der Waals surface area contributed by atoms with Gasteiger partial charge in [0.2, 0.25) is 0 Å². The number of nitrogens with one attached hydrogen (secondary N) is 1. The molecule has 0 amide bonds. The normalized spacial score (nSPS) is 13.0. The van der Waals surface area contributed by atoms with E-state index in [0.717, 1.165) is 12.5 Å². The molecule has 0 aromatic carbocycles. The molecule has 3 nitrogen and oxygen atoms in total. The first kappa shape index (κ1) is 13.0. The second-order valence-corrected chi connectivity index (χ2v) is 4.76. The summed E-state index contributed by atoms with van der Waals surface area (Å²) in [6, 6.07) is 0.564. The zero-order valence-corrected chi connectivity index (χ0v) is 10.6. The third kappa shape index (κ3) is 4.62.